The number of benzene rings is 2. The molecule has 0 aliphatic carbocycles. The van der Waals surface area contributed by atoms with Crippen LogP contribution in [0.5, 0.6) is 0 Å². The SMILES string of the molecule is CCCCc1c(Cl)n(C(C)CC)c(=O)n1Cc1ccc(-c2ccccc2)c(C(=O)O)c1. The lowest BCUT2D eigenvalue weighted by molar-refractivity contribution is 0.0697. The first kappa shape index (κ1) is 22.9. The van der Waals surface area contributed by atoms with Crippen LogP contribution < -0.4 is 5.69 Å². The number of halogens is 1. The van der Waals surface area contributed by atoms with Gasteiger partial charge in [-0.1, -0.05) is 74.3 Å². The molecular weight excluding hydrogens is 412 g/mol. The van der Waals surface area contributed by atoms with Crippen molar-refractivity contribution in [2.24, 2.45) is 0 Å². The Labute approximate surface area is 187 Å². The zero-order chi connectivity index (χ0) is 22.5. The third kappa shape index (κ3) is 4.77. The summed E-state index contributed by atoms with van der Waals surface area (Å²) >= 11 is 6.65. The third-order valence-corrected chi connectivity index (χ3v) is 6.15. The number of aromatic carboxylic acids is 1. The lowest BCUT2D eigenvalue weighted by atomic mass is 9.97. The van der Waals surface area contributed by atoms with Gasteiger partial charge in [0.15, 0.2) is 0 Å². The molecule has 0 amide bonds. The molecule has 5 nitrogen and oxygen atoms in total. The smallest absolute Gasteiger partial charge is 0.336 e. The lowest BCUT2D eigenvalue weighted by Crippen LogP contribution is -2.27. The van der Waals surface area contributed by atoms with E-state index in [1.165, 1.54) is 0 Å². The van der Waals surface area contributed by atoms with Crippen molar-refractivity contribution in [3.05, 3.63) is 81.0 Å². The van der Waals surface area contributed by atoms with E-state index in [2.05, 4.69) is 6.92 Å². The fraction of sp³-hybridized carbons (Fsp3) is 0.360. The number of hydrogen-bond acceptors (Lipinski definition) is 2. The molecule has 31 heavy (non-hydrogen) atoms. The van der Waals surface area contributed by atoms with Crippen molar-refractivity contribution in [2.75, 3.05) is 0 Å². The molecule has 0 saturated heterocycles. The highest BCUT2D eigenvalue weighted by molar-refractivity contribution is 6.30. The minimum absolute atomic E-state index is 0.00309. The van der Waals surface area contributed by atoms with Crippen LogP contribution in [0.1, 0.15) is 67.7 Å². The molecule has 1 aromatic heterocycles. The molecule has 0 saturated carbocycles. The molecule has 0 aliphatic rings. The van der Waals surface area contributed by atoms with Crippen molar-refractivity contribution in [2.45, 2.75) is 59.0 Å². The van der Waals surface area contributed by atoms with E-state index in [-0.39, 0.29) is 23.8 Å². The summed E-state index contributed by atoms with van der Waals surface area (Å²) in [5.41, 5.74) is 3.16. The summed E-state index contributed by atoms with van der Waals surface area (Å²) in [6, 6.07) is 14.8. The molecule has 0 spiro atoms. The quantitative estimate of drug-likeness (QED) is 0.441. The van der Waals surface area contributed by atoms with Crippen LogP contribution >= 0.6 is 11.6 Å². The summed E-state index contributed by atoms with van der Waals surface area (Å²) in [6.45, 7) is 6.40. The monoisotopic (exact) mass is 440 g/mol. The van der Waals surface area contributed by atoms with Crippen LogP contribution in [0, 0.1) is 0 Å². The molecule has 1 atom stereocenters. The first-order valence-electron chi connectivity index (χ1n) is 10.8. The van der Waals surface area contributed by atoms with E-state index in [0.717, 1.165) is 36.1 Å². The summed E-state index contributed by atoms with van der Waals surface area (Å²) in [6.07, 6.45) is 3.43. The van der Waals surface area contributed by atoms with Gasteiger partial charge >= 0.3 is 11.7 Å². The van der Waals surface area contributed by atoms with Gasteiger partial charge in [0.25, 0.3) is 0 Å². The topological polar surface area (TPSA) is 64.2 Å². The van der Waals surface area contributed by atoms with Gasteiger partial charge in [-0.25, -0.2) is 9.59 Å². The standard InChI is InChI=1S/C25H29ClN2O3/c1-4-6-12-22-23(26)28(17(3)5-2)25(31)27(22)16-18-13-14-20(21(15-18)24(29)30)19-10-8-7-9-11-19/h7-11,13-15,17H,4-6,12,16H2,1-3H3,(H,29,30). The molecule has 0 radical (unpaired) electrons. The summed E-state index contributed by atoms with van der Waals surface area (Å²) in [5, 5.41) is 10.3. The normalized spacial score (nSPS) is 12.1. The number of carboxylic acids is 1. The van der Waals surface area contributed by atoms with Crippen LogP contribution in [0.15, 0.2) is 53.3 Å². The van der Waals surface area contributed by atoms with E-state index >= 15 is 0 Å². The molecule has 1 heterocycles. The van der Waals surface area contributed by atoms with Gasteiger partial charge in [0, 0.05) is 6.04 Å². The van der Waals surface area contributed by atoms with Gasteiger partial charge in [0.05, 0.1) is 17.8 Å². The highest BCUT2D eigenvalue weighted by Gasteiger charge is 2.22. The molecular formula is C25H29ClN2O3. The molecule has 1 N–H and O–H groups in total. The second-order valence-corrected chi connectivity index (χ2v) is 8.25. The predicted octanol–water partition coefficient (Wildman–Crippen LogP) is 6.03. The van der Waals surface area contributed by atoms with Gasteiger partial charge in [0.2, 0.25) is 0 Å². The van der Waals surface area contributed by atoms with Crippen LogP contribution in [0.25, 0.3) is 11.1 Å². The van der Waals surface area contributed by atoms with Crippen LogP contribution in [-0.4, -0.2) is 20.2 Å². The number of imidazole rings is 1. The summed E-state index contributed by atoms with van der Waals surface area (Å²) < 4.78 is 3.36. The average Bonchev–Trinajstić information content (AvgIpc) is 3.01. The number of aromatic nitrogens is 2. The van der Waals surface area contributed by atoms with Crippen molar-refractivity contribution >= 4 is 17.6 Å². The highest BCUT2D eigenvalue weighted by Crippen LogP contribution is 2.27. The summed E-state index contributed by atoms with van der Waals surface area (Å²) in [7, 11) is 0. The molecule has 3 aromatic rings. The minimum atomic E-state index is -0.991. The molecule has 2 aromatic carbocycles. The Morgan fingerprint density at radius 2 is 1.84 bits per heavy atom. The molecule has 6 heteroatoms. The number of hydrogen-bond donors (Lipinski definition) is 1. The van der Waals surface area contributed by atoms with Crippen molar-refractivity contribution < 1.29 is 9.90 Å². The first-order chi connectivity index (χ1) is 14.9. The van der Waals surface area contributed by atoms with Gasteiger partial charge in [-0.05, 0) is 48.9 Å². The summed E-state index contributed by atoms with van der Waals surface area (Å²) in [5.74, 6) is -0.991. The Bertz CT molecular complexity index is 1120. The van der Waals surface area contributed by atoms with Crippen molar-refractivity contribution in [1.29, 1.82) is 0 Å². The number of rotatable bonds is 9. The maximum absolute atomic E-state index is 13.2. The zero-order valence-corrected chi connectivity index (χ0v) is 19.0. The first-order valence-corrected chi connectivity index (χ1v) is 11.2. The van der Waals surface area contributed by atoms with Crippen LogP contribution in [0.3, 0.4) is 0 Å². The van der Waals surface area contributed by atoms with Crippen molar-refractivity contribution in [3.8, 4) is 11.1 Å². The van der Waals surface area contributed by atoms with E-state index in [1.54, 1.807) is 15.2 Å². The van der Waals surface area contributed by atoms with E-state index in [9.17, 15) is 14.7 Å². The van der Waals surface area contributed by atoms with E-state index in [4.69, 9.17) is 11.6 Å². The third-order valence-electron chi connectivity index (χ3n) is 5.75. The second-order valence-electron chi connectivity index (χ2n) is 7.89. The molecule has 164 valence electrons. The minimum Gasteiger partial charge on any atom is -0.478 e. The van der Waals surface area contributed by atoms with Crippen LogP contribution in [-0.2, 0) is 13.0 Å². The Hall–Kier alpha value is -2.79. The highest BCUT2D eigenvalue weighted by atomic mass is 35.5. The van der Waals surface area contributed by atoms with Gasteiger partial charge in [-0.2, -0.15) is 0 Å². The Balaban J connectivity index is 2.07. The Morgan fingerprint density at radius 1 is 1.13 bits per heavy atom. The van der Waals surface area contributed by atoms with Crippen molar-refractivity contribution in [3.63, 3.8) is 0 Å². The number of carboxylic acid groups (broad SMARTS) is 1. The fourth-order valence-electron chi connectivity index (χ4n) is 3.81. The molecule has 3 rings (SSSR count). The number of carbonyl (C=O) groups is 1. The Kier molecular flexibility index (Phi) is 7.39. The number of unbranched alkanes of at least 4 members (excludes halogenated alkanes) is 1. The lowest BCUT2D eigenvalue weighted by Gasteiger charge is -2.11. The van der Waals surface area contributed by atoms with E-state index < -0.39 is 5.97 Å². The predicted molar refractivity (Wildman–Crippen MR) is 125 cm³/mol. The second kappa shape index (κ2) is 10.0. The van der Waals surface area contributed by atoms with E-state index in [1.807, 2.05) is 56.3 Å². The van der Waals surface area contributed by atoms with Gasteiger partial charge in [-0.3, -0.25) is 9.13 Å². The van der Waals surface area contributed by atoms with Gasteiger partial charge < -0.3 is 5.11 Å². The number of nitrogens with zero attached hydrogens (tertiary/aromatic N) is 2. The molecule has 0 fully saturated rings. The summed E-state index contributed by atoms with van der Waals surface area (Å²) in [4.78, 5) is 25.2. The Morgan fingerprint density at radius 3 is 2.45 bits per heavy atom. The van der Waals surface area contributed by atoms with E-state index in [0.29, 0.717) is 17.1 Å². The molecule has 0 bridgehead atoms. The average molecular weight is 441 g/mol. The largest absolute Gasteiger partial charge is 0.478 e. The fourth-order valence-corrected chi connectivity index (χ4v) is 4.24. The van der Waals surface area contributed by atoms with Gasteiger partial charge in [-0.15, -0.1) is 0 Å². The maximum atomic E-state index is 13.2. The maximum Gasteiger partial charge on any atom is 0.336 e. The molecule has 0 aliphatic heterocycles. The zero-order valence-electron chi connectivity index (χ0n) is 18.3. The van der Waals surface area contributed by atoms with Gasteiger partial charge in [0.1, 0.15) is 5.15 Å². The van der Waals surface area contributed by atoms with Crippen LogP contribution in [0.2, 0.25) is 5.15 Å². The van der Waals surface area contributed by atoms with Crippen molar-refractivity contribution in [1.82, 2.24) is 9.13 Å². The van der Waals surface area contributed by atoms with Crippen LogP contribution in [0.4, 0.5) is 0 Å². The molecule has 1 unspecified atom stereocenters.